The molecule has 1 saturated heterocycles. The van der Waals surface area contributed by atoms with E-state index in [1.54, 1.807) is 4.90 Å². The zero-order valence-corrected chi connectivity index (χ0v) is 8.96. The summed E-state index contributed by atoms with van der Waals surface area (Å²) in [4.78, 5) is 12.2. The lowest BCUT2D eigenvalue weighted by Crippen LogP contribution is -2.41. The highest BCUT2D eigenvalue weighted by molar-refractivity contribution is 7.91. The first-order chi connectivity index (χ1) is 6.39. The lowest BCUT2D eigenvalue weighted by Gasteiger charge is -2.29. The maximum Gasteiger partial charge on any atom is 0.317 e. The molecule has 0 bridgehead atoms. The van der Waals surface area contributed by atoms with E-state index < -0.39 is 15.8 Å². The molecular weight excluding hydrogens is 206 g/mol. The van der Waals surface area contributed by atoms with Gasteiger partial charge in [0.2, 0.25) is 0 Å². The van der Waals surface area contributed by atoms with Crippen LogP contribution in [0.4, 0.5) is 0 Å². The highest BCUT2D eigenvalue weighted by atomic mass is 32.2. The fraction of sp³-hybridized carbons (Fsp3) is 0.875. The minimum absolute atomic E-state index is 0.0104. The molecule has 0 spiro atoms. The molecule has 0 unspecified atom stereocenters. The minimum atomic E-state index is -2.95. The Kier molecular flexibility index (Phi) is 3.49. The average Bonchev–Trinajstić information content (AvgIpc) is 2.02. The molecule has 6 heteroatoms. The number of hydrogen-bond donors (Lipinski definition) is 1. The molecule has 82 valence electrons. The van der Waals surface area contributed by atoms with Crippen molar-refractivity contribution in [2.45, 2.75) is 18.1 Å². The molecule has 1 rings (SSSR count). The molecule has 0 amide bonds. The van der Waals surface area contributed by atoms with Gasteiger partial charge >= 0.3 is 5.97 Å². The van der Waals surface area contributed by atoms with Crippen molar-refractivity contribution in [1.82, 2.24) is 4.90 Å². The van der Waals surface area contributed by atoms with Crippen LogP contribution in [0.15, 0.2) is 0 Å². The first-order valence-corrected chi connectivity index (χ1v) is 6.48. The topological polar surface area (TPSA) is 74.7 Å². The van der Waals surface area contributed by atoms with Crippen LogP contribution in [0.5, 0.6) is 0 Å². The van der Waals surface area contributed by atoms with Crippen molar-refractivity contribution >= 4 is 15.8 Å². The normalized spacial score (nSPS) is 20.9. The van der Waals surface area contributed by atoms with E-state index in [4.69, 9.17) is 5.11 Å². The third kappa shape index (κ3) is 3.26. The number of sulfone groups is 1. The molecule has 0 aromatic rings. The van der Waals surface area contributed by atoms with Crippen LogP contribution in [0, 0.1) is 0 Å². The van der Waals surface area contributed by atoms with Crippen molar-refractivity contribution in [3.8, 4) is 0 Å². The second-order valence-corrected chi connectivity index (χ2v) is 6.02. The number of nitrogens with zero attached hydrogens (tertiary/aromatic N) is 1. The van der Waals surface area contributed by atoms with Crippen LogP contribution in [0.3, 0.4) is 0 Å². The van der Waals surface area contributed by atoms with Gasteiger partial charge < -0.3 is 5.11 Å². The molecule has 0 aliphatic carbocycles. The Morgan fingerprint density at radius 1 is 1.43 bits per heavy atom. The first kappa shape index (κ1) is 11.5. The van der Waals surface area contributed by atoms with Crippen LogP contribution in [0.1, 0.15) is 12.8 Å². The van der Waals surface area contributed by atoms with Gasteiger partial charge in [0, 0.05) is 6.26 Å². The van der Waals surface area contributed by atoms with Crippen LogP contribution >= 0.6 is 0 Å². The molecule has 0 atom stereocenters. The smallest absolute Gasteiger partial charge is 0.317 e. The van der Waals surface area contributed by atoms with E-state index in [1.165, 1.54) is 6.26 Å². The van der Waals surface area contributed by atoms with Gasteiger partial charge in [0.15, 0.2) is 0 Å². The number of aliphatic carboxylic acids is 1. The summed E-state index contributed by atoms with van der Waals surface area (Å²) >= 11 is 0. The Balaban J connectivity index is 2.43. The summed E-state index contributed by atoms with van der Waals surface area (Å²) in [6.45, 7) is 1.13. The summed E-state index contributed by atoms with van der Waals surface area (Å²) in [5.41, 5.74) is 0. The number of carboxylic acids is 1. The SMILES string of the molecule is CS(=O)(=O)C1CCN(CC(=O)O)CC1. The Morgan fingerprint density at radius 2 is 1.93 bits per heavy atom. The number of piperidine rings is 1. The van der Waals surface area contributed by atoms with Crippen LogP contribution in [0.2, 0.25) is 0 Å². The van der Waals surface area contributed by atoms with Gasteiger partial charge in [-0.1, -0.05) is 0 Å². The predicted molar refractivity (Wildman–Crippen MR) is 51.9 cm³/mol. The number of hydrogen-bond acceptors (Lipinski definition) is 4. The summed E-state index contributed by atoms with van der Waals surface area (Å²) in [6, 6.07) is 0. The molecule has 5 nitrogen and oxygen atoms in total. The number of carbonyl (C=O) groups is 1. The third-order valence-corrected chi connectivity index (χ3v) is 4.18. The minimum Gasteiger partial charge on any atom is -0.480 e. The maximum atomic E-state index is 11.2. The van der Waals surface area contributed by atoms with Gasteiger partial charge in [0.25, 0.3) is 0 Å². The van der Waals surface area contributed by atoms with Gasteiger partial charge in [0.05, 0.1) is 11.8 Å². The van der Waals surface area contributed by atoms with Crippen molar-refractivity contribution < 1.29 is 18.3 Å². The van der Waals surface area contributed by atoms with Gasteiger partial charge in [-0.3, -0.25) is 9.69 Å². The van der Waals surface area contributed by atoms with E-state index in [0.29, 0.717) is 25.9 Å². The molecule has 1 aliphatic rings. The van der Waals surface area contributed by atoms with E-state index in [0.717, 1.165) is 0 Å². The zero-order valence-electron chi connectivity index (χ0n) is 8.14. The summed E-state index contributed by atoms with van der Waals surface area (Å²) in [6.07, 6.45) is 2.34. The van der Waals surface area contributed by atoms with Crippen LogP contribution in [-0.2, 0) is 14.6 Å². The van der Waals surface area contributed by atoms with Crippen molar-refractivity contribution in [3.05, 3.63) is 0 Å². The van der Waals surface area contributed by atoms with E-state index in [9.17, 15) is 13.2 Å². The molecule has 1 N–H and O–H groups in total. The molecule has 0 aromatic carbocycles. The Labute approximate surface area is 83.6 Å². The van der Waals surface area contributed by atoms with E-state index >= 15 is 0 Å². The monoisotopic (exact) mass is 221 g/mol. The van der Waals surface area contributed by atoms with Gasteiger partial charge in [0.1, 0.15) is 9.84 Å². The average molecular weight is 221 g/mol. The Morgan fingerprint density at radius 3 is 2.29 bits per heavy atom. The van der Waals surface area contributed by atoms with E-state index in [1.807, 2.05) is 0 Å². The lowest BCUT2D eigenvalue weighted by atomic mass is 10.1. The fourth-order valence-electron chi connectivity index (χ4n) is 1.69. The molecule has 0 saturated carbocycles. The number of carboxylic acid groups (broad SMARTS) is 1. The van der Waals surface area contributed by atoms with Gasteiger partial charge in [-0.15, -0.1) is 0 Å². The molecule has 1 fully saturated rings. The summed E-state index contributed by atoms with van der Waals surface area (Å²) < 4.78 is 22.4. The Bertz CT molecular complexity index is 303. The summed E-state index contributed by atoms with van der Waals surface area (Å²) in [7, 11) is -2.95. The third-order valence-electron chi connectivity index (χ3n) is 2.50. The molecule has 1 heterocycles. The molecule has 1 aliphatic heterocycles. The van der Waals surface area contributed by atoms with Crippen LogP contribution in [0.25, 0.3) is 0 Å². The van der Waals surface area contributed by atoms with Gasteiger partial charge in [-0.05, 0) is 25.9 Å². The van der Waals surface area contributed by atoms with Gasteiger partial charge in [-0.25, -0.2) is 8.42 Å². The van der Waals surface area contributed by atoms with Gasteiger partial charge in [-0.2, -0.15) is 0 Å². The summed E-state index contributed by atoms with van der Waals surface area (Å²) in [5, 5.41) is 8.25. The maximum absolute atomic E-state index is 11.2. The summed E-state index contributed by atoms with van der Waals surface area (Å²) in [5.74, 6) is -0.859. The highest BCUT2D eigenvalue weighted by Gasteiger charge is 2.26. The van der Waals surface area contributed by atoms with Crippen LogP contribution in [-0.4, -0.2) is 55.5 Å². The van der Waals surface area contributed by atoms with Crippen LogP contribution < -0.4 is 0 Å². The molecule has 0 radical (unpaired) electrons. The molecule has 0 aromatic heterocycles. The lowest BCUT2D eigenvalue weighted by molar-refractivity contribution is -0.138. The number of likely N-dealkylation sites (tertiary alicyclic amines) is 1. The Hall–Kier alpha value is -0.620. The predicted octanol–water partition coefficient (Wildman–Crippen LogP) is -0.420. The highest BCUT2D eigenvalue weighted by Crippen LogP contribution is 2.16. The second-order valence-electron chi connectivity index (χ2n) is 3.70. The van der Waals surface area contributed by atoms with E-state index in [2.05, 4.69) is 0 Å². The standard InChI is InChI=1S/C8H15NO4S/c1-14(12,13)7-2-4-9(5-3-7)6-8(10)11/h7H,2-6H2,1H3,(H,10,11). The van der Waals surface area contributed by atoms with Crippen molar-refractivity contribution in [2.24, 2.45) is 0 Å². The molecule has 14 heavy (non-hydrogen) atoms. The fourth-order valence-corrected chi connectivity index (χ4v) is 2.75. The van der Waals surface area contributed by atoms with Crippen molar-refractivity contribution in [2.75, 3.05) is 25.9 Å². The first-order valence-electron chi connectivity index (χ1n) is 4.52. The van der Waals surface area contributed by atoms with Crippen molar-refractivity contribution in [1.29, 1.82) is 0 Å². The second kappa shape index (κ2) is 4.27. The quantitative estimate of drug-likeness (QED) is 0.700. The number of rotatable bonds is 3. The van der Waals surface area contributed by atoms with Crippen molar-refractivity contribution in [3.63, 3.8) is 0 Å². The molecular formula is C8H15NO4S. The largest absolute Gasteiger partial charge is 0.480 e. The zero-order chi connectivity index (χ0) is 10.8. The van der Waals surface area contributed by atoms with E-state index in [-0.39, 0.29) is 11.8 Å².